The number of carbonyl (C=O) groups excluding carboxylic acids is 1. The molecule has 0 aliphatic heterocycles. The van der Waals surface area contributed by atoms with E-state index in [4.69, 9.17) is 13.8 Å². The van der Waals surface area contributed by atoms with E-state index in [0.29, 0.717) is 22.9 Å². The second kappa shape index (κ2) is 9.77. The van der Waals surface area contributed by atoms with Crippen molar-refractivity contribution in [2.24, 2.45) is 5.41 Å². The molecule has 0 atom stereocenters. The predicted octanol–water partition coefficient (Wildman–Crippen LogP) is 5.53. The molecule has 0 aliphatic carbocycles. The summed E-state index contributed by atoms with van der Waals surface area (Å²) in [5.41, 5.74) is 0.849. The largest absolute Gasteiger partial charge is 0.477 e. The van der Waals surface area contributed by atoms with Crippen molar-refractivity contribution < 1.29 is 33.0 Å². The van der Waals surface area contributed by atoms with E-state index in [-0.39, 0.29) is 37.1 Å². The van der Waals surface area contributed by atoms with Crippen molar-refractivity contribution in [3.63, 3.8) is 0 Å². The van der Waals surface area contributed by atoms with Gasteiger partial charge in [0.1, 0.15) is 5.69 Å². The fraction of sp³-hybridized carbons (Fsp3) is 0.524. The molecule has 1 N–H and O–H groups in total. The van der Waals surface area contributed by atoms with Crippen LogP contribution in [-0.2, 0) is 24.5 Å². The van der Waals surface area contributed by atoms with Gasteiger partial charge in [-0.1, -0.05) is 26.8 Å². The summed E-state index contributed by atoms with van der Waals surface area (Å²) in [6, 6.07) is 6.38. The summed E-state index contributed by atoms with van der Waals surface area (Å²) in [6.07, 6.45) is -0.0446. The van der Waals surface area contributed by atoms with Crippen molar-refractivity contribution in [2.45, 2.75) is 47.2 Å². The van der Waals surface area contributed by atoms with Gasteiger partial charge in [0.05, 0.1) is 31.5 Å². The SMILES string of the molecule is CCOP(=O)(Cc1ccc2c(c1)cc(C(=O)O)n2C(=O)OCCC(C)(C)C)OCC. The van der Waals surface area contributed by atoms with Gasteiger partial charge in [0.2, 0.25) is 0 Å². The Kier molecular flexibility index (Phi) is 7.86. The molecule has 9 heteroatoms. The second-order valence-electron chi connectivity index (χ2n) is 8.09. The lowest BCUT2D eigenvalue weighted by Crippen LogP contribution is -2.21. The Labute approximate surface area is 176 Å². The van der Waals surface area contributed by atoms with Gasteiger partial charge in [0, 0.05) is 5.39 Å². The molecule has 0 amide bonds. The van der Waals surface area contributed by atoms with Gasteiger partial charge in [-0.25, -0.2) is 14.2 Å². The first-order chi connectivity index (χ1) is 14.0. The lowest BCUT2D eigenvalue weighted by atomic mass is 9.93. The van der Waals surface area contributed by atoms with Gasteiger partial charge < -0.3 is 18.9 Å². The van der Waals surface area contributed by atoms with Crippen LogP contribution in [0.5, 0.6) is 0 Å². The summed E-state index contributed by atoms with van der Waals surface area (Å²) in [4.78, 5) is 24.3. The highest BCUT2D eigenvalue weighted by Crippen LogP contribution is 2.51. The predicted molar refractivity (Wildman–Crippen MR) is 114 cm³/mol. The van der Waals surface area contributed by atoms with Crippen LogP contribution in [-0.4, -0.2) is 41.6 Å². The smallest absolute Gasteiger partial charge is 0.419 e. The fourth-order valence-corrected chi connectivity index (χ4v) is 4.66. The molecule has 8 nitrogen and oxygen atoms in total. The Morgan fingerprint density at radius 2 is 1.73 bits per heavy atom. The highest BCUT2D eigenvalue weighted by atomic mass is 31.2. The molecule has 1 aromatic carbocycles. The van der Waals surface area contributed by atoms with Gasteiger partial charge in [-0.15, -0.1) is 0 Å². The molecule has 0 bridgehead atoms. The molecular weight excluding hydrogens is 409 g/mol. The van der Waals surface area contributed by atoms with Gasteiger partial charge in [-0.3, -0.25) is 4.57 Å². The Morgan fingerprint density at radius 1 is 1.10 bits per heavy atom. The number of aromatic carboxylic acids is 1. The van der Waals surface area contributed by atoms with Crippen LogP contribution in [0.1, 0.15) is 57.1 Å². The third-order valence-electron chi connectivity index (χ3n) is 4.37. The zero-order chi connectivity index (χ0) is 22.5. The highest BCUT2D eigenvalue weighted by molar-refractivity contribution is 7.53. The molecule has 0 spiro atoms. The van der Waals surface area contributed by atoms with Crippen LogP contribution in [0.3, 0.4) is 0 Å². The van der Waals surface area contributed by atoms with E-state index < -0.39 is 19.7 Å². The fourth-order valence-electron chi connectivity index (χ4n) is 2.97. The molecule has 2 rings (SSSR count). The average molecular weight is 439 g/mol. The quantitative estimate of drug-likeness (QED) is 0.513. The summed E-state index contributed by atoms with van der Waals surface area (Å²) in [7, 11) is -3.31. The molecule has 0 radical (unpaired) electrons. The number of rotatable bonds is 9. The van der Waals surface area contributed by atoms with Crippen molar-refractivity contribution in [3.8, 4) is 0 Å². The van der Waals surface area contributed by atoms with Crippen molar-refractivity contribution >= 4 is 30.6 Å². The molecule has 0 saturated heterocycles. The van der Waals surface area contributed by atoms with Gasteiger partial charge in [0.15, 0.2) is 0 Å². The first-order valence-corrected chi connectivity index (χ1v) is 11.7. The Balaban J connectivity index is 2.36. The van der Waals surface area contributed by atoms with E-state index in [2.05, 4.69) is 0 Å². The van der Waals surface area contributed by atoms with Crippen LogP contribution in [0.15, 0.2) is 24.3 Å². The van der Waals surface area contributed by atoms with Crippen molar-refractivity contribution in [1.29, 1.82) is 0 Å². The van der Waals surface area contributed by atoms with E-state index in [1.807, 2.05) is 20.8 Å². The van der Waals surface area contributed by atoms with Gasteiger partial charge in [-0.2, -0.15) is 0 Å². The number of hydrogen-bond donors (Lipinski definition) is 1. The standard InChI is InChI=1S/C21H30NO7P/c1-6-28-30(26,29-7-2)14-15-8-9-17-16(12-15)13-18(19(23)24)22(17)20(25)27-11-10-21(3,4)5/h8-9,12-13H,6-7,10-11,14H2,1-5H3,(H,23,24). The number of fused-ring (bicyclic) bond motifs is 1. The van der Waals surface area contributed by atoms with E-state index in [9.17, 15) is 19.3 Å². The molecule has 0 saturated carbocycles. The average Bonchev–Trinajstić information content (AvgIpc) is 2.99. The monoisotopic (exact) mass is 439 g/mol. The molecule has 0 unspecified atom stereocenters. The molecule has 0 fully saturated rings. The van der Waals surface area contributed by atoms with Gasteiger partial charge >= 0.3 is 19.7 Å². The number of nitrogens with zero attached hydrogens (tertiary/aromatic N) is 1. The number of carboxylic acid groups (broad SMARTS) is 1. The van der Waals surface area contributed by atoms with Crippen LogP contribution >= 0.6 is 7.60 Å². The van der Waals surface area contributed by atoms with Crippen molar-refractivity contribution in [1.82, 2.24) is 4.57 Å². The zero-order valence-corrected chi connectivity index (χ0v) is 19.0. The van der Waals surface area contributed by atoms with Gasteiger partial charge in [-0.05, 0) is 49.4 Å². The number of hydrogen-bond acceptors (Lipinski definition) is 6. The minimum absolute atomic E-state index is 0.0153. The summed E-state index contributed by atoms with van der Waals surface area (Å²) in [5.74, 6) is -1.24. The van der Waals surface area contributed by atoms with Crippen LogP contribution in [0, 0.1) is 5.41 Å². The highest BCUT2D eigenvalue weighted by Gasteiger charge is 2.26. The summed E-state index contributed by atoms with van der Waals surface area (Å²) >= 11 is 0. The maximum Gasteiger partial charge on any atom is 0.419 e. The van der Waals surface area contributed by atoms with Gasteiger partial charge in [0.25, 0.3) is 0 Å². The van der Waals surface area contributed by atoms with Crippen LogP contribution in [0.2, 0.25) is 0 Å². The number of carboxylic acids is 1. The zero-order valence-electron chi connectivity index (χ0n) is 18.1. The lowest BCUT2D eigenvalue weighted by Gasteiger charge is -2.18. The van der Waals surface area contributed by atoms with E-state index in [1.54, 1.807) is 32.0 Å². The minimum Gasteiger partial charge on any atom is -0.477 e. The topological polar surface area (TPSA) is 104 Å². The van der Waals surface area contributed by atoms with E-state index >= 15 is 0 Å². The number of aromatic nitrogens is 1. The lowest BCUT2D eigenvalue weighted by molar-refractivity contribution is 0.0680. The van der Waals surface area contributed by atoms with E-state index in [0.717, 1.165) is 4.57 Å². The molecule has 2 aromatic rings. The first-order valence-electron chi connectivity index (χ1n) is 9.92. The Hall–Kier alpha value is -2.15. The van der Waals surface area contributed by atoms with Crippen molar-refractivity contribution in [3.05, 3.63) is 35.5 Å². The molecule has 1 heterocycles. The number of ether oxygens (including phenoxy) is 1. The maximum absolute atomic E-state index is 12.8. The molecule has 166 valence electrons. The summed E-state index contributed by atoms with van der Waals surface area (Å²) in [5, 5.41) is 10.1. The normalized spacial score (nSPS) is 12.3. The van der Waals surface area contributed by atoms with E-state index in [1.165, 1.54) is 6.07 Å². The molecule has 1 aromatic heterocycles. The van der Waals surface area contributed by atoms with Crippen LogP contribution < -0.4 is 0 Å². The number of benzene rings is 1. The minimum atomic E-state index is -3.31. The second-order valence-corrected chi connectivity index (χ2v) is 10.1. The number of carbonyl (C=O) groups is 2. The summed E-state index contributed by atoms with van der Waals surface area (Å²) < 4.78 is 29.8. The Morgan fingerprint density at radius 3 is 2.27 bits per heavy atom. The van der Waals surface area contributed by atoms with Crippen LogP contribution in [0.25, 0.3) is 10.9 Å². The summed E-state index contributed by atoms with van der Waals surface area (Å²) in [6.45, 7) is 10.2. The molecule has 30 heavy (non-hydrogen) atoms. The third kappa shape index (κ3) is 6.17. The molecule has 0 aliphatic rings. The van der Waals surface area contributed by atoms with Crippen LogP contribution in [0.4, 0.5) is 4.79 Å². The third-order valence-corrected chi connectivity index (χ3v) is 6.43. The first kappa shape index (κ1) is 24.1. The van der Waals surface area contributed by atoms with Crippen molar-refractivity contribution in [2.75, 3.05) is 19.8 Å². The molecular formula is C21H30NO7P. The Bertz CT molecular complexity index is 948. The maximum atomic E-state index is 12.8.